The third kappa shape index (κ3) is 55.9. The minimum absolute atomic E-state index is 0.244. The number of amides is 1. The number of carbonyl (C=O) groups excluding carboxylic acids is 1. The van der Waals surface area contributed by atoms with E-state index in [1.165, 1.54) is 276 Å². The molecule has 0 saturated carbocycles. The van der Waals surface area contributed by atoms with E-state index < -0.39 is 86.8 Å². The van der Waals surface area contributed by atoms with E-state index in [1.807, 2.05) is 6.08 Å². The molecule has 14 nitrogen and oxygen atoms in total. The van der Waals surface area contributed by atoms with Crippen molar-refractivity contribution in [1.82, 2.24) is 5.32 Å². The smallest absolute Gasteiger partial charge is 0.220 e. The number of rotatable bonds is 74. The quantitative estimate of drug-likeness (QED) is 0.0204. The molecule has 0 bridgehead atoms. The van der Waals surface area contributed by atoms with Crippen LogP contribution in [-0.2, 0) is 23.7 Å². The molecule has 0 aromatic rings. The minimum Gasteiger partial charge on any atom is -0.394 e. The predicted octanol–water partition coefficient (Wildman–Crippen LogP) is 21.2. The normalized spacial score (nSPS) is 21.8. The Morgan fingerprint density at radius 3 is 1.05 bits per heavy atom. The lowest BCUT2D eigenvalue weighted by Crippen LogP contribution is -2.65. The van der Waals surface area contributed by atoms with Crippen molar-refractivity contribution in [2.75, 3.05) is 19.8 Å². The minimum atomic E-state index is -1.79. The summed E-state index contributed by atoms with van der Waals surface area (Å²) in [4.78, 5) is 13.4. The fourth-order valence-corrected chi connectivity index (χ4v) is 14.1. The lowest BCUT2D eigenvalue weighted by molar-refractivity contribution is -0.359. The standard InChI is InChI=1S/C91H163NO13/c1-3-5-7-9-11-13-15-17-19-21-23-25-27-29-31-33-35-36-37-38-39-40-41-42-43-44-45-47-49-51-53-55-57-59-61-63-65-67-69-71-73-75-83(96)92-79(78-102-90-88(101)86(99)89(82(77-94)104-90)105-91-87(100)85(98)84(97)81(76-93)103-91)80(95)74-72-70-68-66-64-62-60-58-56-54-52-50-48-46-34-32-30-28-26-24-22-20-18-16-14-12-10-8-6-4-2/h5,7,11,13,17,19,23,25,29,31,35-36,64,66,72,74,79-82,84-91,93-95,97-101H,3-4,6,8-10,12,14-16,18,20-22,24,26-28,30,32-34,37-63,65,67-71,73,75-78H2,1-2H3,(H,92,96)/b7-5-,13-11-,19-17-,25-23-,31-29-,36-35-,66-64+,74-72+. The number of carbonyl (C=O) groups is 1. The first-order chi connectivity index (χ1) is 51.6. The molecule has 0 aromatic carbocycles. The zero-order valence-corrected chi connectivity index (χ0v) is 67.2. The highest BCUT2D eigenvalue weighted by atomic mass is 16.7. The highest BCUT2D eigenvalue weighted by Gasteiger charge is 2.51. The second-order valence-electron chi connectivity index (χ2n) is 30.6. The van der Waals surface area contributed by atoms with Crippen LogP contribution in [0.2, 0.25) is 0 Å². The SMILES string of the molecule is CC/C=C\C/C=C\C/C=C\C/C=C\C/C=C\C/C=C\CCCCCCCCCCCCCCCCCCCCCCCCC(=O)NC(COC1OC(CO)C(OC2OC(CO)C(O)C(O)C2O)C(O)C1O)C(O)/C=C/CC/C=C/CCCCCCCCCCCCCCCCCCCCCCCCCC. The van der Waals surface area contributed by atoms with E-state index in [2.05, 4.69) is 104 Å². The van der Waals surface area contributed by atoms with E-state index in [0.717, 1.165) is 70.6 Å². The summed E-state index contributed by atoms with van der Waals surface area (Å²) in [6.45, 7) is 2.72. The molecule has 105 heavy (non-hydrogen) atoms. The summed E-state index contributed by atoms with van der Waals surface area (Å²) in [6.07, 6.45) is 89.5. The summed E-state index contributed by atoms with van der Waals surface area (Å²) in [5, 5.41) is 87.8. The lowest BCUT2D eigenvalue weighted by Gasteiger charge is -2.46. The molecule has 12 unspecified atom stereocenters. The Balaban J connectivity index is 1.57. The van der Waals surface area contributed by atoms with Gasteiger partial charge in [-0.15, -0.1) is 0 Å². The third-order valence-corrected chi connectivity index (χ3v) is 21.0. The van der Waals surface area contributed by atoms with Gasteiger partial charge in [-0.05, 0) is 83.5 Å². The zero-order chi connectivity index (χ0) is 75.8. The van der Waals surface area contributed by atoms with Crippen LogP contribution in [0.4, 0.5) is 0 Å². The molecule has 2 saturated heterocycles. The fraction of sp³-hybridized carbons (Fsp3) is 0.813. The Morgan fingerprint density at radius 1 is 0.352 bits per heavy atom. The fourth-order valence-electron chi connectivity index (χ4n) is 14.1. The highest BCUT2D eigenvalue weighted by Crippen LogP contribution is 2.30. The zero-order valence-electron chi connectivity index (χ0n) is 67.2. The van der Waals surface area contributed by atoms with E-state index in [1.54, 1.807) is 6.08 Å². The number of hydrogen-bond donors (Lipinski definition) is 9. The first-order valence-electron chi connectivity index (χ1n) is 44.0. The lowest BCUT2D eigenvalue weighted by atomic mass is 9.97. The van der Waals surface area contributed by atoms with Crippen LogP contribution in [0.25, 0.3) is 0 Å². The van der Waals surface area contributed by atoms with Crippen LogP contribution < -0.4 is 5.32 Å². The van der Waals surface area contributed by atoms with E-state index in [4.69, 9.17) is 18.9 Å². The predicted molar refractivity (Wildman–Crippen MR) is 438 cm³/mol. The third-order valence-electron chi connectivity index (χ3n) is 21.0. The van der Waals surface area contributed by atoms with Crippen LogP contribution in [-0.4, -0.2) is 140 Å². The summed E-state index contributed by atoms with van der Waals surface area (Å²) in [5.74, 6) is -0.244. The maximum atomic E-state index is 13.4. The van der Waals surface area contributed by atoms with Crippen molar-refractivity contribution in [3.05, 3.63) is 97.2 Å². The maximum Gasteiger partial charge on any atom is 0.220 e. The number of ether oxygens (including phenoxy) is 4. The monoisotopic (exact) mass is 1480 g/mol. The van der Waals surface area contributed by atoms with Gasteiger partial charge in [-0.2, -0.15) is 0 Å². The van der Waals surface area contributed by atoms with E-state index >= 15 is 0 Å². The second-order valence-corrected chi connectivity index (χ2v) is 30.6. The van der Waals surface area contributed by atoms with Crippen molar-refractivity contribution in [3.63, 3.8) is 0 Å². The Bertz CT molecular complexity index is 2140. The van der Waals surface area contributed by atoms with Crippen molar-refractivity contribution in [1.29, 1.82) is 0 Å². The van der Waals surface area contributed by atoms with Crippen molar-refractivity contribution >= 4 is 5.91 Å². The van der Waals surface area contributed by atoms with Crippen LogP contribution in [0.5, 0.6) is 0 Å². The molecule has 2 fully saturated rings. The van der Waals surface area contributed by atoms with Gasteiger partial charge in [-0.25, -0.2) is 0 Å². The van der Waals surface area contributed by atoms with Gasteiger partial charge in [0.25, 0.3) is 0 Å². The molecular formula is C91H163NO13. The average Bonchev–Trinajstić information content (AvgIpc) is 0.769. The molecule has 2 rings (SSSR count). The van der Waals surface area contributed by atoms with Crippen molar-refractivity contribution in [2.45, 2.75) is 453 Å². The highest BCUT2D eigenvalue weighted by molar-refractivity contribution is 5.76. The first-order valence-corrected chi connectivity index (χ1v) is 44.0. The van der Waals surface area contributed by atoms with Crippen LogP contribution in [0.3, 0.4) is 0 Å². The summed E-state index contributed by atoms with van der Waals surface area (Å²) in [5.41, 5.74) is 0. The van der Waals surface area contributed by atoms with Gasteiger partial charge in [0.15, 0.2) is 12.6 Å². The van der Waals surface area contributed by atoms with Gasteiger partial charge < -0.3 is 65.1 Å². The first kappa shape index (κ1) is 98.0. The molecule has 0 aromatic heterocycles. The average molecular weight is 1480 g/mol. The van der Waals surface area contributed by atoms with Crippen LogP contribution in [0.1, 0.15) is 380 Å². The number of hydrogen-bond acceptors (Lipinski definition) is 13. The maximum absolute atomic E-state index is 13.4. The van der Waals surface area contributed by atoms with Gasteiger partial charge in [0.2, 0.25) is 5.91 Å². The van der Waals surface area contributed by atoms with Crippen molar-refractivity contribution in [3.8, 4) is 0 Å². The molecule has 9 N–H and O–H groups in total. The molecular weight excluding hydrogens is 1310 g/mol. The Kier molecular flexibility index (Phi) is 68.8. The van der Waals surface area contributed by atoms with Gasteiger partial charge in [0, 0.05) is 6.42 Å². The van der Waals surface area contributed by atoms with Gasteiger partial charge in [-0.1, -0.05) is 387 Å². The van der Waals surface area contributed by atoms with E-state index in [9.17, 15) is 45.6 Å². The van der Waals surface area contributed by atoms with Crippen LogP contribution in [0, 0.1) is 0 Å². The number of aliphatic hydroxyl groups is 8. The Labute approximate surface area is 643 Å². The molecule has 610 valence electrons. The molecule has 14 heteroatoms. The summed E-state index contributed by atoms with van der Waals surface area (Å²) in [7, 11) is 0. The van der Waals surface area contributed by atoms with Crippen LogP contribution >= 0.6 is 0 Å². The molecule has 12 atom stereocenters. The number of nitrogens with one attached hydrogen (secondary N) is 1. The largest absolute Gasteiger partial charge is 0.394 e. The topological polar surface area (TPSA) is 228 Å². The molecule has 2 aliphatic rings. The number of aliphatic hydroxyl groups excluding tert-OH is 8. The number of unbranched alkanes of at least 4 members (excludes halogenated alkanes) is 47. The van der Waals surface area contributed by atoms with E-state index in [-0.39, 0.29) is 18.9 Å². The molecule has 2 heterocycles. The molecule has 0 spiro atoms. The summed E-state index contributed by atoms with van der Waals surface area (Å²) in [6, 6.07) is -0.936. The van der Waals surface area contributed by atoms with Crippen molar-refractivity contribution in [2.24, 2.45) is 0 Å². The van der Waals surface area contributed by atoms with Gasteiger partial charge in [0.1, 0.15) is 48.8 Å². The molecule has 2 aliphatic heterocycles. The Hall–Kier alpha value is -3.09. The summed E-state index contributed by atoms with van der Waals surface area (Å²) < 4.78 is 22.9. The van der Waals surface area contributed by atoms with Crippen molar-refractivity contribution < 1.29 is 64.6 Å². The van der Waals surface area contributed by atoms with Crippen LogP contribution in [0.15, 0.2) is 97.2 Å². The molecule has 1 amide bonds. The Morgan fingerprint density at radius 2 is 0.667 bits per heavy atom. The molecule has 0 aliphatic carbocycles. The second kappa shape index (κ2) is 73.7. The van der Waals surface area contributed by atoms with Gasteiger partial charge in [0.05, 0.1) is 32.0 Å². The summed E-state index contributed by atoms with van der Waals surface area (Å²) >= 11 is 0. The van der Waals surface area contributed by atoms with E-state index in [0.29, 0.717) is 12.8 Å². The number of allylic oxidation sites excluding steroid dienone is 15. The molecule has 0 radical (unpaired) electrons. The van der Waals surface area contributed by atoms with Gasteiger partial charge >= 0.3 is 0 Å². The van der Waals surface area contributed by atoms with Gasteiger partial charge in [-0.3, -0.25) is 4.79 Å².